The van der Waals surface area contributed by atoms with Crippen molar-refractivity contribution in [1.29, 1.82) is 0 Å². The van der Waals surface area contributed by atoms with Crippen LogP contribution in [0.25, 0.3) is 0 Å². The quantitative estimate of drug-likeness (QED) is 0.0299. The monoisotopic (exact) mass is 793 g/mol. The Balaban J connectivity index is 0. The Morgan fingerprint density at radius 2 is 1.11 bits per heavy atom. The van der Waals surface area contributed by atoms with Gasteiger partial charge in [-0.2, -0.15) is 8.42 Å². The van der Waals surface area contributed by atoms with Gasteiger partial charge in [0, 0.05) is 0 Å². The fraction of sp³-hybridized carbons (Fsp3) is 0.860. The molecule has 1 N–H and O–H groups in total. The Kier molecular flexibility index (Phi) is 40.2. The van der Waals surface area contributed by atoms with E-state index >= 15 is 0 Å². The zero-order valence-electron chi connectivity index (χ0n) is 34.5. The van der Waals surface area contributed by atoms with Crippen LogP contribution in [0.4, 0.5) is 0 Å². The third kappa shape index (κ3) is 33.7. The zero-order valence-corrected chi connectivity index (χ0v) is 36.7. The maximum absolute atomic E-state index is 12.2. The number of unbranched alkanes of at least 4 members (excludes halogenated alkanes) is 17. The van der Waals surface area contributed by atoms with Crippen molar-refractivity contribution in [2.24, 2.45) is 11.8 Å². The molecule has 7 nitrogen and oxygen atoms in total. The molecule has 0 fully saturated rings. The van der Waals surface area contributed by atoms with Gasteiger partial charge in [-0.25, -0.2) is 0 Å². The summed E-state index contributed by atoms with van der Waals surface area (Å²) in [6, 6.07) is 0. The van der Waals surface area contributed by atoms with E-state index in [1.54, 1.807) is 9.72 Å². The first-order chi connectivity index (χ1) is 25.1. The van der Waals surface area contributed by atoms with E-state index in [1.807, 2.05) is 13.8 Å². The van der Waals surface area contributed by atoms with Crippen LogP contribution < -0.4 is 0 Å². The first-order valence-electron chi connectivity index (χ1n) is 21.8. The van der Waals surface area contributed by atoms with Crippen molar-refractivity contribution in [3.05, 3.63) is 22.7 Å². The first kappa shape index (κ1) is 55.0. The van der Waals surface area contributed by atoms with Crippen LogP contribution in [0, 0.1) is 11.8 Å². The Morgan fingerprint density at radius 1 is 0.679 bits per heavy atom. The summed E-state index contributed by atoms with van der Waals surface area (Å²) in [5.74, 6) is -1.61. The van der Waals surface area contributed by atoms with E-state index in [1.165, 1.54) is 109 Å². The predicted molar refractivity (Wildman–Crippen MR) is 229 cm³/mol. The van der Waals surface area contributed by atoms with Crippen LogP contribution in [-0.2, 0) is 29.2 Å². The number of ether oxygens (including phenoxy) is 2. The van der Waals surface area contributed by atoms with E-state index in [4.69, 9.17) is 9.47 Å². The van der Waals surface area contributed by atoms with Crippen LogP contribution in [0.5, 0.6) is 0 Å². The molecule has 53 heavy (non-hydrogen) atoms. The number of rotatable bonds is 34. The predicted octanol–water partition coefficient (Wildman–Crippen LogP) is 11.5. The zero-order chi connectivity index (χ0) is 38.7. The molecule has 306 valence electrons. The molecule has 1 aliphatic carbocycles. The molecular formula is C43H82AlNaO7S. The average molecular weight is 793 g/mol. The molecule has 0 saturated heterocycles. The Morgan fingerprint density at radius 3 is 1.51 bits per heavy atom. The molecule has 3 atom stereocenters. The molecule has 1 aliphatic rings. The molecule has 0 heterocycles. The van der Waals surface area contributed by atoms with Crippen molar-refractivity contribution in [2.75, 3.05) is 13.2 Å². The van der Waals surface area contributed by atoms with Crippen LogP contribution in [0.1, 0.15) is 202 Å². The van der Waals surface area contributed by atoms with Gasteiger partial charge in [0.05, 0.1) is 19.6 Å². The third-order valence-corrected chi connectivity index (χ3v) is 13.6. The van der Waals surface area contributed by atoms with Gasteiger partial charge in [-0.1, -0.05) is 199 Å². The minimum atomic E-state index is -4.76. The number of allylic oxidation sites excluding steroid dienone is 4. The summed E-state index contributed by atoms with van der Waals surface area (Å²) in [5.41, 5.74) is 0. The van der Waals surface area contributed by atoms with Gasteiger partial charge >= 0.3 is 41.5 Å². The summed E-state index contributed by atoms with van der Waals surface area (Å²) in [7, 11) is -4.76. The van der Waals surface area contributed by atoms with E-state index in [-0.39, 0.29) is 69.8 Å². The molecular weight excluding hydrogens is 711 g/mol. The molecule has 1 rings (SSSR count). The van der Waals surface area contributed by atoms with Gasteiger partial charge in [-0.05, 0) is 31.1 Å². The Bertz CT molecular complexity index is 1030. The summed E-state index contributed by atoms with van der Waals surface area (Å²) >= 11 is 0.122. The fourth-order valence-electron chi connectivity index (χ4n) is 6.57. The first-order valence-corrected chi connectivity index (χ1v) is 25.0. The van der Waals surface area contributed by atoms with Gasteiger partial charge in [0.25, 0.3) is 25.3 Å². The second-order valence-corrected chi connectivity index (χ2v) is 18.9. The molecule has 3 unspecified atom stereocenters. The van der Waals surface area contributed by atoms with E-state index in [2.05, 4.69) is 39.0 Å². The molecule has 0 aliphatic heterocycles. The van der Waals surface area contributed by atoms with Gasteiger partial charge in [0.1, 0.15) is 0 Å². The topological polar surface area (TPSA) is 107 Å². The summed E-state index contributed by atoms with van der Waals surface area (Å²) in [6.07, 6.45) is 38.6. The van der Waals surface area contributed by atoms with Gasteiger partial charge < -0.3 is 9.47 Å². The third-order valence-electron chi connectivity index (χ3n) is 10.5. The van der Waals surface area contributed by atoms with Gasteiger partial charge in [0.2, 0.25) is 0 Å². The van der Waals surface area contributed by atoms with Crippen LogP contribution in [0.15, 0.2) is 22.7 Å². The molecule has 0 saturated carbocycles. The average Bonchev–Trinajstić information content (AvgIpc) is 3.65. The second-order valence-electron chi connectivity index (χ2n) is 15.2. The molecule has 0 radical (unpaired) electrons. The van der Waals surface area contributed by atoms with Crippen LogP contribution in [0.3, 0.4) is 0 Å². The Hall–Kier alpha value is -0.138. The number of esters is 2. The van der Waals surface area contributed by atoms with Crippen LogP contribution >= 0.6 is 0 Å². The van der Waals surface area contributed by atoms with Crippen molar-refractivity contribution in [3.63, 3.8) is 0 Å². The number of carbonyl (C=O) groups excluding carboxylic acids is 2. The molecule has 0 aromatic rings. The van der Waals surface area contributed by atoms with Crippen LogP contribution in [-0.4, -0.2) is 88.1 Å². The second kappa shape index (κ2) is 38.7. The summed E-state index contributed by atoms with van der Waals surface area (Å²) in [6.45, 7) is 10.7. The summed E-state index contributed by atoms with van der Waals surface area (Å²) in [5, 5.41) is -0.397. The SMILES string of the molecule is CCCCC(CC)COC(=O)CC(C(=O)OCC(CC)CCCC)S(=O)(=O)O.CCCCCCCCCCCCCCCCC[CH2][AlH][C]1=CC=CC1.[NaH]. The molecule has 0 bridgehead atoms. The van der Waals surface area contributed by atoms with Crippen molar-refractivity contribution >= 4 is 66.8 Å². The minimum absolute atomic E-state index is 0. The molecule has 10 heteroatoms. The van der Waals surface area contributed by atoms with Crippen molar-refractivity contribution < 1.29 is 32.0 Å². The van der Waals surface area contributed by atoms with Gasteiger partial charge in [-0.15, -0.1) is 4.44 Å². The molecule has 0 aromatic heterocycles. The van der Waals surface area contributed by atoms with Gasteiger partial charge in [0.15, 0.2) is 5.25 Å². The number of carbonyl (C=O) groups is 2. The summed E-state index contributed by atoms with van der Waals surface area (Å²) in [4.78, 5) is 24.2. The van der Waals surface area contributed by atoms with E-state index < -0.39 is 33.7 Å². The van der Waals surface area contributed by atoms with Crippen molar-refractivity contribution in [3.8, 4) is 0 Å². The van der Waals surface area contributed by atoms with E-state index in [0.29, 0.717) is 0 Å². The summed E-state index contributed by atoms with van der Waals surface area (Å²) < 4.78 is 44.5. The standard InChI is InChI=1S/C20H38O7S.C18H37.C5H5.Al.Na.2H/c1-5-9-11-16(7-3)14-26-19(21)13-18(28(23,24)25)20(22)27-15-17(8-4)12-10-6-2;1-3-5-7-9-11-13-15-17-18-16-14-12-10-8-6-4-2;1-2-4-5-3-1;;;;/h16-18H,5-15H2,1-4H3,(H,23,24,25);1,3-18H2,2H3;1-3H,4H2;;;;. The molecule has 0 amide bonds. The van der Waals surface area contributed by atoms with Crippen molar-refractivity contribution in [2.45, 2.75) is 212 Å². The fourth-order valence-corrected chi connectivity index (χ4v) is 8.96. The normalized spacial score (nSPS) is 14.0. The van der Waals surface area contributed by atoms with E-state index in [0.717, 1.165) is 51.4 Å². The Labute approximate surface area is 356 Å². The molecule has 0 spiro atoms. The molecule has 0 aromatic carbocycles. The van der Waals surface area contributed by atoms with Crippen molar-refractivity contribution in [1.82, 2.24) is 0 Å². The van der Waals surface area contributed by atoms with E-state index in [9.17, 15) is 22.6 Å². The maximum atomic E-state index is 12.2. The number of hydrogen-bond acceptors (Lipinski definition) is 6. The number of hydrogen-bond donors (Lipinski definition) is 1. The van der Waals surface area contributed by atoms with Gasteiger partial charge in [-0.3, -0.25) is 14.1 Å². The van der Waals surface area contributed by atoms with Crippen LogP contribution in [0.2, 0.25) is 5.28 Å².